The number of hydrogen-bond acceptors (Lipinski definition) is 6. The summed E-state index contributed by atoms with van der Waals surface area (Å²) in [5.41, 5.74) is 6.60. The lowest BCUT2D eigenvalue weighted by molar-refractivity contribution is 0.0594. The van der Waals surface area contributed by atoms with Crippen molar-refractivity contribution in [3.05, 3.63) is 42.0 Å². The lowest BCUT2D eigenvalue weighted by atomic mass is 10.1. The molecular weight excluding hydrogens is 270 g/mol. The Morgan fingerprint density at radius 3 is 2.95 bits per heavy atom. The molecule has 1 unspecified atom stereocenters. The molecule has 0 saturated carbocycles. The topological polar surface area (TPSA) is 90.4 Å². The molecule has 0 bridgehead atoms. The van der Waals surface area contributed by atoms with Crippen molar-refractivity contribution in [3.8, 4) is 0 Å². The molecule has 0 fully saturated rings. The summed E-state index contributed by atoms with van der Waals surface area (Å²) in [6.45, 7) is 2.02. The number of rotatable bonds is 6. The van der Waals surface area contributed by atoms with E-state index in [2.05, 4.69) is 15.0 Å². The van der Waals surface area contributed by atoms with Crippen LogP contribution in [-0.4, -0.2) is 24.1 Å². The van der Waals surface area contributed by atoms with Gasteiger partial charge in [-0.05, 0) is 37.6 Å². The molecule has 0 saturated heterocycles. The zero-order valence-electron chi connectivity index (χ0n) is 12.1. The number of aromatic nitrogens is 1. The Hall–Kier alpha value is -2.50. The van der Waals surface area contributed by atoms with Crippen LogP contribution in [0.1, 0.15) is 29.6 Å². The van der Waals surface area contributed by atoms with Gasteiger partial charge in [0.25, 0.3) is 0 Å². The fraction of sp³-hybridized carbons (Fsp3) is 0.333. The minimum absolute atomic E-state index is 0.137. The maximum atomic E-state index is 11.5. The first-order valence-electron chi connectivity index (χ1n) is 6.74. The largest absolute Gasteiger partial charge is 0.469 e. The van der Waals surface area contributed by atoms with Crippen molar-refractivity contribution in [1.82, 2.24) is 4.98 Å². The number of nitrogens with zero attached hydrogens (tertiary/aromatic N) is 1. The highest BCUT2D eigenvalue weighted by atomic mass is 16.5. The molecule has 2 rings (SSSR count). The molecule has 0 radical (unpaired) electrons. The second-order valence-corrected chi connectivity index (χ2v) is 4.79. The SMILES string of the molecule is COC(=O)c1ccc(N)c(NC(C)CCc2ccco2)n1. The number of methoxy groups -OCH3 is 1. The van der Waals surface area contributed by atoms with Crippen LogP contribution in [-0.2, 0) is 11.2 Å². The van der Waals surface area contributed by atoms with E-state index in [0.29, 0.717) is 11.5 Å². The van der Waals surface area contributed by atoms with E-state index in [-0.39, 0.29) is 11.7 Å². The van der Waals surface area contributed by atoms with E-state index in [1.165, 1.54) is 7.11 Å². The molecule has 3 N–H and O–H groups in total. The highest BCUT2D eigenvalue weighted by Crippen LogP contribution is 2.18. The van der Waals surface area contributed by atoms with E-state index in [1.54, 1.807) is 18.4 Å². The van der Waals surface area contributed by atoms with Gasteiger partial charge in [-0.15, -0.1) is 0 Å². The van der Waals surface area contributed by atoms with Gasteiger partial charge in [0, 0.05) is 12.5 Å². The molecule has 0 aromatic carbocycles. The van der Waals surface area contributed by atoms with E-state index >= 15 is 0 Å². The third kappa shape index (κ3) is 3.98. The average molecular weight is 289 g/mol. The number of carbonyl (C=O) groups excluding carboxylic acids is 1. The fourth-order valence-corrected chi connectivity index (χ4v) is 1.92. The monoisotopic (exact) mass is 289 g/mol. The van der Waals surface area contributed by atoms with E-state index in [0.717, 1.165) is 18.6 Å². The molecule has 0 spiro atoms. The molecule has 6 heteroatoms. The summed E-state index contributed by atoms with van der Waals surface area (Å²) in [4.78, 5) is 15.7. The maximum Gasteiger partial charge on any atom is 0.356 e. The summed E-state index contributed by atoms with van der Waals surface area (Å²) in [6.07, 6.45) is 3.33. The number of esters is 1. The first-order valence-corrected chi connectivity index (χ1v) is 6.74. The van der Waals surface area contributed by atoms with Crippen molar-refractivity contribution in [2.45, 2.75) is 25.8 Å². The summed E-state index contributed by atoms with van der Waals surface area (Å²) in [6, 6.07) is 7.13. The highest BCUT2D eigenvalue weighted by molar-refractivity contribution is 5.88. The predicted octanol–water partition coefficient (Wildman–Crippen LogP) is 2.48. The van der Waals surface area contributed by atoms with Crippen molar-refractivity contribution >= 4 is 17.5 Å². The Kier molecular flexibility index (Phi) is 4.81. The lowest BCUT2D eigenvalue weighted by Crippen LogP contribution is -2.19. The number of ether oxygens (including phenoxy) is 1. The summed E-state index contributed by atoms with van der Waals surface area (Å²) < 4.78 is 9.94. The number of aryl methyl sites for hydroxylation is 1. The molecule has 2 heterocycles. The second-order valence-electron chi connectivity index (χ2n) is 4.79. The van der Waals surface area contributed by atoms with Crippen molar-refractivity contribution in [3.63, 3.8) is 0 Å². The Morgan fingerprint density at radius 2 is 2.29 bits per heavy atom. The number of pyridine rings is 1. The van der Waals surface area contributed by atoms with Crippen LogP contribution >= 0.6 is 0 Å². The lowest BCUT2D eigenvalue weighted by Gasteiger charge is -2.16. The van der Waals surface area contributed by atoms with Gasteiger partial charge in [-0.25, -0.2) is 9.78 Å². The molecule has 0 aliphatic rings. The summed E-state index contributed by atoms with van der Waals surface area (Å²) in [7, 11) is 1.32. The Bertz CT molecular complexity index is 596. The number of carbonyl (C=O) groups is 1. The van der Waals surface area contributed by atoms with Crippen LogP contribution in [0.3, 0.4) is 0 Å². The molecule has 6 nitrogen and oxygen atoms in total. The van der Waals surface area contributed by atoms with Gasteiger partial charge in [0.2, 0.25) is 0 Å². The molecule has 0 aliphatic carbocycles. The molecule has 1 atom stereocenters. The van der Waals surface area contributed by atoms with Gasteiger partial charge in [-0.3, -0.25) is 0 Å². The van der Waals surface area contributed by atoms with Crippen LogP contribution < -0.4 is 11.1 Å². The number of hydrogen-bond donors (Lipinski definition) is 2. The van der Waals surface area contributed by atoms with Crippen molar-refractivity contribution in [1.29, 1.82) is 0 Å². The minimum atomic E-state index is -0.485. The van der Waals surface area contributed by atoms with E-state index in [1.807, 2.05) is 19.1 Å². The van der Waals surface area contributed by atoms with Gasteiger partial charge in [0.15, 0.2) is 5.69 Å². The first-order chi connectivity index (χ1) is 10.1. The molecule has 0 aliphatic heterocycles. The van der Waals surface area contributed by atoms with Gasteiger partial charge in [-0.1, -0.05) is 0 Å². The zero-order chi connectivity index (χ0) is 15.2. The average Bonchev–Trinajstić information content (AvgIpc) is 3.00. The fourth-order valence-electron chi connectivity index (χ4n) is 1.92. The molecule has 21 heavy (non-hydrogen) atoms. The maximum absolute atomic E-state index is 11.5. The molecule has 2 aromatic heterocycles. The first kappa shape index (κ1) is 14.9. The third-order valence-corrected chi connectivity index (χ3v) is 3.11. The van der Waals surface area contributed by atoms with E-state index in [9.17, 15) is 4.79 Å². The number of nitrogens with two attached hydrogens (primary N) is 1. The quantitative estimate of drug-likeness (QED) is 0.794. The summed E-state index contributed by atoms with van der Waals surface area (Å²) >= 11 is 0. The normalized spacial score (nSPS) is 11.9. The van der Waals surface area contributed by atoms with E-state index < -0.39 is 5.97 Å². The Balaban J connectivity index is 1.99. The van der Waals surface area contributed by atoms with Crippen LogP contribution in [0, 0.1) is 0 Å². The second kappa shape index (κ2) is 6.78. The van der Waals surface area contributed by atoms with Gasteiger partial charge in [0.05, 0.1) is 19.1 Å². The van der Waals surface area contributed by atoms with Crippen LogP contribution in [0.5, 0.6) is 0 Å². The molecular formula is C15H19N3O3. The van der Waals surface area contributed by atoms with Crippen LogP contribution in [0.15, 0.2) is 34.9 Å². The smallest absolute Gasteiger partial charge is 0.356 e. The van der Waals surface area contributed by atoms with Crippen LogP contribution in [0.4, 0.5) is 11.5 Å². The summed E-state index contributed by atoms with van der Waals surface area (Å²) in [5.74, 6) is 0.944. The van der Waals surface area contributed by atoms with E-state index in [4.69, 9.17) is 10.2 Å². The highest BCUT2D eigenvalue weighted by Gasteiger charge is 2.12. The minimum Gasteiger partial charge on any atom is -0.469 e. The standard InChI is InChI=1S/C15H19N3O3/c1-10(5-6-11-4-3-9-21-11)17-14-12(16)7-8-13(18-14)15(19)20-2/h3-4,7-10H,5-6,16H2,1-2H3,(H,17,18). The number of nitrogens with one attached hydrogen (secondary N) is 1. The Morgan fingerprint density at radius 1 is 1.48 bits per heavy atom. The number of nitrogen functional groups attached to an aromatic ring is 1. The predicted molar refractivity (Wildman–Crippen MR) is 80.1 cm³/mol. The van der Waals surface area contributed by atoms with Gasteiger partial charge in [-0.2, -0.15) is 0 Å². The summed E-state index contributed by atoms with van der Waals surface area (Å²) in [5, 5.41) is 3.21. The zero-order valence-corrected chi connectivity index (χ0v) is 12.1. The number of anilines is 2. The van der Waals surface area contributed by atoms with Gasteiger partial charge < -0.3 is 20.2 Å². The van der Waals surface area contributed by atoms with Crippen molar-refractivity contribution < 1.29 is 13.9 Å². The molecule has 2 aromatic rings. The van der Waals surface area contributed by atoms with Crippen LogP contribution in [0.25, 0.3) is 0 Å². The van der Waals surface area contributed by atoms with Crippen LogP contribution in [0.2, 0.25) is 0 Å². The number of furan rings is 1. The third-order valence-electron chi connectivity index (χ3n) is 3.11. The Labute approximate surface area is 123 Å². The van der Waals surface area contributed by atoms with Gasteiger partial charge >= 0.3 is 5.97 Å². The van der Waals surface area contributed by atoms with Crippen molar-refractivity contribution in [2.24, 2.45) is 0 Å². The van der Waals surface area contributed by atoms with Gasteiger partial charge in [0.1, 0.15) is 11.6 Å². The van der Waals surface area contributed by atoms with Crippen molar-refractivity contribution in [2.75, 3.05) is 18.2 Å². The molecule has 112 valence electrons. The molecule has 0 amide bonds.